The largest absolute Gasteiger partial charge is 2.00 e. The van der Waals surface area contributed by atoms with E-state index in [0.29, 0.717) is 22.8 Å². The molecular weight excluding hydrogens is 523 g/mol. The number of rotatable bonds is 5. The number of nitrogens with zero attached hydrogens (tertiary/aromatic N) is 5. The van der Waals surface area contributed by atoms with Crippen molar-refractivity contribution in [2.75, 3.05) is 0 Å². The molecule has 4 heterocycles. The number of nitrogens with two attached hydrogens (primary N) is 1. The molecule has 1 unspecified atom stereocenters. The molecule has 0 fully saturated rings. The molecular formula is C19H14N6OPt. The molecule has 4 aromatic rings. The fourth-order valence-electron chi connectivity index (χ4n) is 2.71. The topological polar surface area (TPSA) is 91.6 Å². The molecule has 136 valence electrons. The van der Waals surface area contributed by atoms with Crippen LogP contribution in [0.15, 0.2) is 67.5 Å². The Bertz CT molecular complexity index is 951. The molecule has 0 saturated heterocycles. The summed E-state index contributed by atoms with van der Waals surface area (Å²) in [6, 6.07) is 9.17. The van der Waals surface area contributed by atoms with Gasteiger partial charge in [0.2, 0.25) is 5.91 Å². The van der Waals surface area contributed by atoms with Gasteiger partial charge in [-0.05, 0) is 6.07 Å². The van der Waals surface area contributed by atoms with Crippen molar-refractivity contribution in [2.45, 2.75) is 5.92 Å². The Balaban J connectivity index is 0.00000210. The Kier molecular flexibility index (Phi) is 5.62. The monoisotopic (exact) mass is 537 g/mol. The minimum absolute atomic E-state index is 0. The Labute approximate surface area is 170 Å². The molecule has 2 N–H and O–H groups in total. The van der Waals surface area contributed by atoms with Crippen molar-refractivity contribution in [1.82, 2.24) is 24.1 Å². The van der Waals surface area contributed by atoms with Crippen molar-refractivity contribution in [3.05, 3.63) is 91.0 Å². The average molecular weight is 537 g/mol. The van der Waals surface area contributed by atoms with Crippen LogP contribution in [0.25, 0.3) is 11.6 Å². The molecule has 0 bridgehead atoms. The normalized spacial score (nSPS) is 11.6. The van der Waals surface area contributed by atoms with E-state index < -0.39 is 11.8 Å². The van der Waals surface area contributed by atoms with Gasteiger partial charge in [-0.15, -0.1) is 23.5 Å². The van der Waals surface area contributed by atoms with Crippen LogP contribution in [-0.2, 0) is 25.9 Å². The van der Waals surface area contributed by atoms with Gasteiger partial charge in [-0.1, -0.05) is 24.5 Å². The van der Waals surface area contributed by atoms with E-state index in [-0.39, 0.29) is 21.1 Å². The second-order valence-corrected chi connectivity index (χ2v) is 5.59. The molecule has 4 rings (SSSR count). The van der Waals surface area contributed by atoms with Crippen LogP contribution in [0.1, 0.15) is 17.0 Å². The van der Waals surface area contributed by atoms with Gasteiger partial charge in [-0.25, -0.2) is 0 Å². The molecule has 8 heteroatoms. The van der Waals surface area contributed by atoms with Crippen LogP contribution in [0.5, 0.6) is 0 Å². The third kappa shape index (κ3) is 3.88. The average Bonchev–Trinajstić information content (AvgIpc) is 3.34. The standard InChI is InChI=1S/C19H14N6O.Pt/c20-19(26)18(14-4-9-24(12-14)16-3-1-2-6-22-16)15-5-10-25(13-15)17-11-21-7-8-23-17;/h1-11,18H,(H2,20,26);/q-2;+2. The first-order valence-corrected chi connectivity index (χ1v) is 7.90. The molecule has 0 aliphatic rings. The maximum atomic E-state index is 12.1. The molecule has 0 aliphatic carbocycles. The molecule has 1 atom stereocenters. The summed E-state index contributed by atoms with van der Waals surface area (Å²) in [7, 11) is 0. The van der Waals surface area contributed by atoms with E-state index in [4.69, 9.17) is 5.73 Å². The Morgan fingerprint density at radius 2 is 1.59 bits per heavy atom. The summed E-state index contributed by atoms with van der Waals surface area (Å²) in [6.45, 7) is 0. The maximum Gasteiger partial charge on any atom is 2.00 e. The number of primary amides is 1. The molecule has 27 heavy (non-hydrogen) atoms. The van der Waals surface area contributed by atoms with Gasteiger partial charge in [0.05, 0.1) is 17.6 Å². The second-order valence-electron chi connectivity index (χ2n) is 5.59. The zero-order chi connectivity index (χ0) is 17.9. The van der Waals surface area contributed by atoms with Gasteiger partial charge < -0.3 is 14.9 Å². The van der Waals surface area contributed by atoms with Crippen molar-refractivity contribution in [3.63, 3.8) is 0 Å². The van der Waals surface area contributed by atoms with Crippen molar-refractivity contribution >= 4 is 5.91 Å². The van der Waals surface area contributed by atoms with E-state index in [2.05, 4.69) is 27.3 Å². The molecule has 1 amide bonds. The van der Waals surface area contributed by atoms with E-state index in [9.17, 15) is 4.79 Å². The van der Waals surface area contributed by atoms with Gasteiger partial charge in [0.15, 0.2) is 0 Å². The van der Waals surface area contributed by atoms with Crippen LogP contribution in [0.2, 0.25) is 0 Å². The summed E-state index contributed by atoms with van der Waals surface area (Å²) in [5, 5.41) is 0. The Morgan fingerprint density at radius 3 is 2.15 bits per heavy atom. The fraction of sp³-hybridized carbons (Fsp3) is 0.0526. The summed E-state index contributed by atoms with van der Waals surface area (Å²) in [4.78, 5) is 24.6. The van der Waals surface area contributed by atoms with Gasteiger partial charge >= 0.3 is 21.1 Å². The summed E-state index contributed by atoms with van der Waals surface area (Å²) in [5.41, 5.74) is 6.94. The Morgan fingerprint density at radius 1 is 0.926 bits per heavy atom. The molecule has 0 spiro atoms. The van der Waals surface area contributed by atoms with E-state index >= 15 is 0 Å². The first-order valence-electron chi connectivity index (χ1n) is 7.90. The first-order chi connectivity index (χ1) is 12.7. The quantitative estimate of drug-likeness (QED) is 0.393. The number of aromatic nitrogens is 5. The molecule has 0 saturated carbocycles. The Hall–Kier alpha value is -3.05. The molecule has 0 aromatic carbocycles. The summed E-state index contributed by atoms with van der Waals surface area (Å²) >= 11 is 0. The first kappa shape index (κ1) is 18.7. The third-order valence-electron chi connectivity index (χ3n) is 3.90. The van der Waals surface area contributed by atoms with Crippen LogP contribution < -0.4 is 5.73 Å². The van der Waals surface area contributed by atoms with E-state index in [0.717, 1.165) is 0 Å². The van der Waals surface area contributed by atoms with Crippen LogP contribution in [0.3, 0.4) is 0 Å². The van der Waals surface area contributed by atoms with Crippen LogP contribution in [0.4, 0.5) is 0 Å². The van der Waals surface area contributed by atoms with Crippen LogP contribution in [0, 0.1) is 12.4 Å². The van der Waals surface area contributed by atoms with Crippen molar-refractivity contribution in [2.24, 2.45) is 5.73 Å². The number of carbonyl (C=O) groups is 1. The van der Waals surface area contributed by atoms with Gasteiger partial charge in [0, 0.05) is 24.8 Å². The summed E-state index contributed by atoms with van der Waals surface area (Å²) in [6.07, 6.45) is 16.3. The number of carbonyl (C=O) groups excluding carboxylic acids is 1. The SMILES string of the molecule is NC(=O)C(c1[c-]n(-c2ccccn2)cc1)c1[c-]n(-c2cnccn2)cc1.[Pt+2]. The van der Waals surface area contributed by atoms with Crippen LogP contribution >= 0.6 is 0 Å². The maximum absolute atomic E-state index is 12.1. The number of hydrogen-bond donors (Lipinski definition) is 1. The summed E-state index contributed by atoms with van der Waals surface area (Å²) < 4.78 is 3.40. The van der Waals surface area contributed by atoms with Gasteiger partial charge in [-0.3, -0.25) is 19.7 Å². The number of amides is 1. The van der Waals surface area contributed by atoms with E-state index in [1.807, 2.05) is 18.2 Å². The van der Waals surface area contributed by atoms with Crippen LogP contribution in [-0.4, -0.2) is 30.0 Å². The fourth-order valence-corrected chi connectivity index (χ4v) is 2.71. The van der Waals surface area contributed by atoms with Gasteiger partial charge in [-0.2, -0.15) is 12.1 Å². The van der Waals surface area contributed by atoms with Crippen molar-refractivity contribution < 1.29 is 25.9 Å². The molecule has 7 nitrogen and oxygen atoms in total. The van der Waals surface area contributed by atoms with Gasteiger partial charge in [0.1, 0.15) is 0 Å². The zero-order valence-corrected chi connectivity index (χ0v) is 16.2. The predicted octanol–water partition coefficient (Wildman–Crippen LogP) is 1.67. The number of hydrogen-bond acceptors (Lipinski definition) is 4. The third-order valence-corrected chi connectivity index (χ3v) is 3.90. The predicted molar refractivity (Wildman–Crippen MR) is 93.6 cm³/mol. The minimum atomic E-state index is -0.669. The van der Waals surface area contributed by atoms with Crippen molar-refractivity contribution in [1.29, 1.82) is 0 Å². The van der Waals surface area contributed by atoms with E-state index in [1.165, 1.54) is 0 Å². The van der Waals surface area contributed by atoms with Crippen molar-refractivity contribution in [3.8, 4) is 11.6 Å². The minimum Gasteiger partial charge on any atom is -0.435 e. The molecule has 0 radical (unpaired) electrons. The van der Waals surface area contributed by atoms with Gasteiger partial charge in [0.25, 0.3) is 0 Å². The van der Waals surface area contributed by atoms with E-state index in [1.54, 1.807) is 58.4 Å². The molecule has 4 aromatic heterocycles. The second kappa shape index (κ2) is 8.10. The zero-order valence-electron chi connectivity index (χ0n) is 14.0. The molecule has 0 aliphatic heterocycles. The summed E-state index contributed by atoms with van der Waals surface area (Å²) in [5.74, 6) is 0.172. The number of pyridine rings is 1. The smallest absolute Gasteiger partial charge is 0.435 e.